The normalized spacial score (nSPS) is 13.3. The van der Waals surface area contributed by atoms with E-state index in [-0.39, 0.29) is 35.0 Å². The Morgan fingerprint density at radius 2 is 2.07 bits per heavy atom. The fourth-order valence-corrected chi connectivity index (χ4v) is 5.01. The van der Waals surface area contributed by atoms with E-state index < -0.39 is 5.91 Å². The number of nitrogens with one attached hydrogen (secondary N) is 1. The largest absolute Gasteiger partial charge is 0.366 e. The Labute approximate surface area is 175 Å². The van der Waals surface area contributed by atoms with E-state index in [1.54, 1.807) is 17.4 Å². The summed E-state index contributed by atoms with van der Waals surface area (Å²) in [5.41, 5.74) is 6.86. The molecule has 2 aromatic heterocycles. The maximum absolute atomic E-state index is 12.9. The van der Waals surface area contributed by atoms with E-state index in [0.29, 0.717) is 11.1 Å². The Morgan fingerprint density at radius 3 is 2.86 bits per heavy atom. The third-order valence-corrected chi connectivity index (χ3v) is 6.57. The van der Waals surface area contributed by atoms with Crippen molar-refractivity contribution < 1.29 is 9.59 Å². The van der Waals surface area contributed by atoms with Crippen LogP contribution in [0.2, 0.25) is 5.02 Å². The van der Waals surface area contributed by atoms with Crippen molar-refractivity contribution in [3.05, 3.63) is 55.9 Å². The molecule has 0 unspecified atom stereocenters. The van der Waals surface area contributed by atoms with E-state index in [2.05, 4.69) is 10.3 Å². The molecule has 2 amide bonds. The highest BCUT2D eigenvalue weighted by molar-refractivity contribution is 7.18. The summed E-state index contributed by atoms with van der Waals surface area (Å²) in [5.74, 6) is -0.960. The first-order valence-electron chi connectivity index (χ1n) is 9.33. The number of primary amides is 1. The molecule has 0 bridgehead atoms. The first-order valence-corrected chi connectivity index (χ1v) is 10.5. The number of hydrogen-bond acceptors (Lipinski definition) is 5. The van der Waals surface area contributed by atoms with E-state index in [0.717, 1.165) is 36.1 Å². The van der Waals surface area contributed by atoms with Gasteiger partial charge in [0, 0.05) is 23.5 Å². The van der Waals surface area contributed by atoms with Crippen LogP contribution in [0.25, 0.3) is 10.2 Å². The molecule has 0 aliphatic heterocycles. The van der Waals surface area contributed by atoms with Crippen molar-refractivity contribution in [2.24, 2.45) is 5.73 Å². The van der Waals surface area contributed by atoms with Crippen LogP contribution in [0.3, 0.4) is 0 Å². The first kappa shape index (κ1) is 19.6. The number of amides is 2. The molecule has 0 saturated carbocycles. The molecule has 9 heteroatoms. The molecule has 150 valence electrons. The van der Waals surface area contributed by atoms with E-state index in [4.69, 9.17) is 17.3 Å². The van der Waals surface area contributed by atoms with Crippen molar-refractivity contribution >= 4 is 50.7 Å². The molecule has 7 nitrogen and oxygen atoms in total. The molecule has 3 N–H and O–H groups in total. The molecular formula is C20H19ClN4O3S. The van der Waals surface area contributed by atoms with E-state index >= 15 is 0 Å². The molecule has 29 heavy (non-hydrogen) atoms. The number of thiophene rings is 1. The Hall–Kier alpha value is -2.71. The summed E-state index contributed by atoms with van der Waals surface area (Å²) in [6.07, 6.45) is 5.75. The molecule has 0 saturated heterocycles. The number of aromatic nitrogens is 2. The SMILES string of the molecule is NC(=O)c1cc(NC(=O)CCn2cnc3sc4c(c3c2=O)CCCC4)ccc1Cl. The zero-order valence-corrected chi connectivity index (χ0v) is 17.1. The van der Waals surface area contributed by atoms with Gasteiger partial charge >= 0.3 is 0 Å². The summed E-state index contributed by atoms with van der Waals surface area (Å²) in [5, 5.41) is 3.62. The molecule has 1 aromatic carbocycles. The van der Waals surface area contributed by atoms with Gasteiger partial charge in [-0.1, -0.05) is 11.6 Å². The minimum Gasteiger partial charge on any atom is -0.366 e. The summed E-state index contributed by atoms with van der Waals surface area (Å²) in [7, 11) is 0. The maximum Gasteiger partial charge on any atom is 0.262 e. The predicted molar refractivity (Wildman–Crippen MR) is 114 cm³/mol. The molecule has 1 aliphatic rings. The van der Waals surface area contributed by atoms with Gasteiger partial charge in [0.05, 0.1) is 22.3 Å². The Balaban J connectivity index is 1.49. The second-order valence-electron chi connectivity index (χ2n) is 6.99. The van der Waals surface area contributed by atoms with Gasteiger partial charge in [-0.2, -0.15) is 0 Å². The van der Waals surface area contributed by atoms with Crippen molar-refractivity contribution in [2.45, 2.75) is 38.6 Å². The zero-order chi connectivity index (χ0) is 20.5. The predicted octanol–water partition coefficient (Wildman–Crippen LogP) is 3.12. The molecular weight excluding hydrogens is 412 g/mol. The number of halogens is 1. The highest BCUT2D eigenvalue weighted by atomic mass is 35.5. The first-order chi connectivity index (χ1) is 13.9. The van der Waals surface area contributed by atoms with Gasteiger partial charge in [-0.25, -0.2) is 4.98 Å². The van der Waals surface area contributed by atoms with Gasteiger partial charge in [0.25, 0.3) is 5.56 Å². The topological polar surface area (TPSA) is 107 Å². The van der Waals surface area contributed by atoms with Crippen LogP contribution in [-0.2, 0) is 24.2 Å². The number of aryl methyl sites for hydroxylation is 3. The minimum atomic E-state index is -0.670. The number of nitrogens with two attached hydrogens (primary N) is 1. The van der Waals surface area contributed by atoms with Crippen LogP contribution in [0.1, 0.15) is 40.1 Å². The fraction of sp³-hybridized carbons (Fsp3) is 0.300. The Kier molecular flexibility index (Phi) is 5.38. The second-order valence-corrected chi connectivity index (χ2v) is 8.48. The summed E-state index contributed by atoms with van der Waals surface area (Å²) >= 11 is 7.52. The Morgan fingerprint density at radius 1 is 1.28 bits per heavy atom. The van der Waals surface area contributed by atoms with Crippen LogP contribution in [0, 0.1) is 0 Å². The smallest absolute Gasteiger partial charge is 0.262 e. The van der Waals surface area contributed by atoms with Crippen molar-refractivity contribution in [1.82, 2.24) is 9.55 Å². The van der Waals surface area contributed by atoms with Gasteiger partial charge in [-0.15, -0.1) is 11.3 Å². The molecule has 0 radical (unpaired) electrons. The van der Waals surface area contributed by atoms with Gasteiger partial charge in [-0.05, 0) is 49.4 Å². The average Bonchev–Trinajstić information content (AvgIpc) is 3.08. The van der Waals surface area contributed by atoms with Gasteiger partial charge < -0.3 is 11.1 Å². The standard InChI is InChI=1S/C20H19ClN4O3S/c21-14-6-5-11(9-13(14)18(22)27)24-16(26)7-8-25-10-23-19-17(20(25)28)12-3-1-2-4-15(12)29-19/h5-6,9-10H,1-4,7-8H2,(H2,22,27)(H,24,26). The number of carbonyl (C=O) groups is 2. The lowest BCUT2D eigenvalue weighted by atomic mass is 9.97. The molecule has 4 rings (SSSR count). The van der Waals surface area contributed by atoms with Crippen LogP contribution in [-0.4, -0.2) is 21.4 Å². The molecule has 1 aliphatic carbocycles. The average molecular weight is 431 g/mol. The van der Waals surface area contributed by atoms with E-state index in [1.165, 1.54) is 27.9 Å². The van der Waals surface area contributed by atoms with Crippen LogP contribution in [0.5, 0.6) is 0 Å². The number of nitrogens with zero attached hydrogens (tertiary/aromatic N) is 2. The number of fused-ring (bicyclic) bond motifs is 3. The van der Waals surface area contributed by atoms with Crippen LogP contribution < -0.4 is 16.6 Å². The van der Waals surface area contributed by atoms with Gasteiger partial charge in [0.15, 0.2) is 0 Å². The quantitative estimate of drug-likeness (QED) is 0.648. The Bertz CT molecular complexity index is 1180. The van der Waals surface area contributed by atoms with Crippen molar-refractivity contribution in [3.8, 4) is 0 Å². The fourth-order valence-electron chi connectivity index (χ4n) is 3.58. The molecule has 2 heterocycles. The van der Waals surface area contributed by atoms with Crippen LogP contribution in [0.15, 0.2) is 29.3 Å². The van der Waals surface area contributed by atoms with Crippen molar-refractivity contribution in [2.75, 3.05) is 5.32 Å². The monoisotopic (exact) mass is 430 g/mol. The third kappa shape index (κ3) is 3.90. The van der Waals surface area contributed by atoms with Gasteiger partial charge in [0.2, 0.25) is 11.8 Å². The third-order valence-electron chi connectivity index (χ3n) is 5.04. The lowest BCUT2D eigenvalue weighted by Crippen LogP contribution is -2.24. The van der Waals surface area contributed by atoms with Crippen LogP contribution in [0.4, 0.5) is 5.69 Å². The van der Waals surface area contributed by atoms with Gasteiger partial charge in [0.1, 0.15) is 4.83 Å². The molecule has 3 aromatic rings. The lowest BCUT2D eigenvalue weighted by Gasteiger charge is -2.11. The second kappa shape index (κ2) is 7.96. The van der Waals surface area contributed by atoms with E-state index in [1.807, 2.05) is 0 Å². The maximum atomic E-state index is 12.9. The summed E-state index contributed by atoms with van der Waals surface area (Å²) in [6, 6.07) is 4.52. The number of anilines is 1. The zero-order valence-electron chi connectivity index (χ0n) is 15.5. The summed E-state index contributed by atoms with van der Waals surface area (Å²) in [4.78, 5) is 43.1. The highest BCUT2D eigenvalue weighted by Gasteiger charge is 2.20. The van der Waals surface area contributed by atoms with Crippen LogP contribution >= 0.6 is 22.9 Å². The number of hydrogen-bond donors (Lipinski definition) is 2. The van der Waals surface area contributed by atoms with Crippen molar-refractivity contribution in [3.63, 3.8) is 0 Å². The summed E-state index contributed by atoms with van der Waals surface area (Å²) in [6.45, 7) is 0.217. The minimum absolute atomic E-state index is 0.0912. The molecule has 0 fully saturated rings. The molecule has 0 spiro atoms. The number of carbonyl (C=O) groups excluding carboxylic acids is 2. The molecule has 0 atom stereocenters. The number of rotatable bonds is 5. The lowest BCUT2D eigenvalue weighted by molar-refractivity contribution is -0.116. The number of benzene rings is 1. The highest BCUT2D eigenvalue weighted by Crippen LogP contribution is 2.33. The van der Waals surface area contributed by atoms with E-state index in [9.17, 15) is 14.4 Å². The summed E-state index contributed by atoms with van der Waals surface area (Å²) < 4.78 is 1.49. The van der Waals surface area contributed by atoms with Crippen molar-refractivity contribution in [1.29, 1.82) is 0 Å². The van der Waals surface area contributed by atoms with Gasteiger partial charge in [-0.3, -0.25) is 19.0 Å².